The first-order valence-electron chi connectivity index (χ1n) is 8.57. The van der Waals surface area contributed by atoms with Gasteiger partial charge < -0.3 is 19.4 Å². The Labute approximate surface area is 148 Å². The zero-order valence-electron chi connectivity index (χ0n) is 14.1. The maximum absolute atomic E-state index is 12.9. The first kappa shape index (κ1) is 17.4. The third kappa shape index (κ3) is 3.19. The van der Waals surface area contributed by atoms with Crippen molar-refractivity contribution in [2.45, 2.75) is 24.6 Å². The predicted molar refractivity (Wildman–Crippen MR) is 87.9 cm³/mol. The quantitative estimate of drug-likeness (QED) is 0.841. The van der Waals surface area contributed by atoms with E-state index in [1.807, 2.05) is 0 Å². The van der Waals surface area contributed by atoms with Crippen molar-refractivity contribution < 1.29 is 27.4 Å². The molecule has 4 rings (SSSR count). The van der Waals surface area contributed by atoms with Crippen molar-refractivity contribution in [2.24, 2.45) is 0 Å². The first-order chi connectivity index (χ1) is 12.4. The first-order valence-corrected chi connectivity index (χ1v) is 8.57. The summed E-state index contributed by atoms with van der Waals surface area (Å²) >= 11 is 0. The molecule has 140 valence electrons. The van der Waals surface area contributed by atoms with Crippen LogP contribution in [0.15, 0.2) is 24.3 Å². The molecule has 1 aromatic heterocycles. The molecular weight excluding hydrogens is 349 g/mol. The SMILES string of the molecule is O=C(c1cc2ccc(C(F)(F)F)cc2[nH]1)N1CCOC2(CCCOC2)C1. The lowest BCUT2D eigenvalue weighted by Gasteiger charge is -2.44. The zero-order chi connectivity index (χ0) is 18.4. The number of rotatable bonds is 1. The topological polar surface area (TPSA) is 54.6 Å². The third-order valence-electron chi connectivity index (χ3n) is 5.00. The summed E-state index contributed by atoms with van der Waals surface area (Å²) in [5, 5.41) is 0.574. The molecule has 1 N–H and O–H groups in total. The number of hydrogen-bond acceptors (Lipinski definition) is 3. The van der Waals surface area contributed by atoms with Gasteiger partial charge in [0, 0.05) is 24.1 Å². The molecule has 2 fully saturated rings. The van der Waals surface area contributed by atoms with Gasteiger partial charge in [-0.1, -0.05) is 6.07 Å². The van der Waals surface area contributed by atoms with Crippen molar-refractivity contribution in [3.63, 3.8) is 0 Å². The van der Waals surface area contributed by atoms with Crippen LogP contribution in [0.1, 0.15) is 28.9 Å². The Kier molecular flexibility index (Phi) is 4.19. The van der Waals surface area contributed by atoms with Gasteiger partial charge in [-0.05, 0) is 31.0 Å². The largest absolute Gasteiger partial charge is 0.416 e. The number of H-pyrrole nitrogens is 1. The van der Waals surface area contributed by atoms with Gasteiger partial charge in [0.1, 0.15) is 11.3 Å². The number of benzene rings is 1. The fourth-order valence-electron chi connectivity index (χ4n) is 3.67. The molecule has 3 heterocycles. The predicted octanol–water partition coefficient (Wildman–Crippen LogP) is 3.21. The van der Waals surface area contributed by atoms with E-state index in [9.17, 15) is 18.0 Å². The van der Waals surface area contributed by atoms with Crippen LogP contribution in [-0.4, -0.2) is 54.3 Å². The molecule has 0 radical (unpaired) electrons. The Bertz CT molecular complexity index is 819. The second-order valence-electron chi connectivity index (χ2n) is 6.90. The molecule has 8 heteroatoms. The molecule has 2 aliphatic heterocycles. The van der Waals surface area contributed by atoms with E-state index >= 15 is 0 Å². The number of halogens is 3. The van der Waals surface area contributed by atoms with Crippen molar-refractivity contribution in [3.05, 3.63) is 35.5 Å². The molecule has 1 spiro atoms. The summed E-state index contributed by atoms with van der Waals surface area (Å²) in [5.41, 5.74) is -0.627. The Hall–Kier alpha value is -2.06. The van der Waals surface area contributed by atoms with Crippen LogP contribution in [0, 0.1) is 0 Å². The number of ether oxygens (including phenoxy) is 2. The van der Waals surface area contributed by atoms with E-state index in [4.69, 9.17) is 9.47 Å². The molecule has 1 unspecified atom stereocenters. The standard InChI is InChI=1S/C18H19F3N2O3/c19-18(20,21)13-3-2-12-8-15(22-14(12)9-13)16(24)23-5-7-26-17(10-23)4-1-6-25-11-17/h2-3,8-9,22H,1,4-7,10-11H2. The van der Waals surface area contributed by atoms with E-state index in [-0.39, 0.29) is 11.6 Å². The van der Waals surface area contributed by atoms with E-state index in [1.165, 1.54) is 6.07 Å². The van der Waals surface area contributed by atoms with Gasteiger partial charge in [-0.25, -0.2) is 0 Å². The smallest absolute Gasteiger partial charge is 0.378 e. The highest BCUT2D eigenvalue weighted by Crippen LogP contribution is 2.32. The highest BCUT2D eigenvalue weighted by Gasteiger charge is 2.40. The highest BCUT2D eigenvalue weighted by molar-refractivity contribution is 5.98. The number of alkyl halides is 3. The molecule has 1 atom stereocenters. The van der Waals surface area contributed by atoms with Gasteiger partial charge in [-0.2, -0.15) is 13.2 Å². The van der Waals surface area contributed by atoms with E-state index in [2.05, 4.69) is 4.98 Å². The molecule has 2 aromatic rings. The maximum atomic E-state index is 12.9. The Balaban J connectivity index is 1.57. The summed E-state index contributed by atoms with van der Waals surface area (Å²) in [7, 11) is 0. The summed E-state index contributed by atoms with van der Waals surface area (Å²) in [6, 6.07) is 5.02. The summed E-state index contributed by atoms with van der Waals surface area (Å²) < 4.78 is 50.0. The summed E-state index contributed by atoms with van der Waals surface area (Å²) in [6.07, 6.45) is -2.70. The monoisotopic (exact) mass is 368 g/mol. The minimum atomic E-state index is -4.42. The van der Waals surface area contributed by atoms with Crippen LogP contribution in [-0.2, 0) is 15.7 Å². The van der Waals surface area contributed by atoms with Gasteiger partial charge in [0.25, 0.3) is 5.91 Å². The molecule has 0 saturated carbocycles. The lowest BCUT2D eigenvalue weighted by Crippen LogP contribution is -2.57. The highest BCUT2D eigenvalue weighted by atomic mass is 19.4. The number of carbonyl (C=O) groups is 1. The van der Waals surface area contributed by atoms with Gasteiger partial charge in [0.05, 0.1) is 25.3 Å². The van der Waals surface area contributed by atoms with Gasteiger partial charge >= 0.3 is 6.18 Å². The van der Waals surface area contributed by atoms with Gasteiger partial charge in [-0.15, -0.1) is 0 Å². The van der Waals surface area contributed by atoms with Crippen LogP contribution in [0.3, 0.4) is 0 Å². The maximum Gasteiger partial charge on any atom is 0.416 e. The molecule has 0 aliphatic carbocycles. The van der Waals surface area contributed by atoms with Crippen molar-refractivity contribution in [1.29, 1.82) is 0 Å². The molecular formula is C18H19F3N2O3. The Morgan fingerprint density at radius 2 is 2.08 bits per heavy atom. The number of aromatic nitrogens is 1. The average Bonchev–Trinajstić information content (AvgIpc) is 3.04. The normalized spacial score (nSPS) is 24.3. The van der Waals surface area contributed by atoms with Crippen LogP contribution in [0.2, 0.25) is 0 Å². The molecule has 1 amide bonds. The van der Waals surface area contributed by atoms with Crippen molar-refractivity contribution in [1.82, 2.24) is 9.88 Å². The number of fused-ring (bicyclic) bond motifs is 1. The molecule has 1 aromatic carbocycles. The molecule has 0 bridgehead atoms. The summed E-state index contributed by atoms with van der Waals surface area (Å²) in [4.78, 5) is 17.4. The number of carbonyl (C=O) groups excluding carboxylic acids is 1. The Morgan fingerprint density at radius 3 is 2.81 bits per heavy atom. The number of morpholine rings is 1. The minimum Gasteiger partial charge on any atom is -0.378 e. The molecule has 2 aliphatic rings. The summed E-state index contributed by atoms with van der Waals surface area (Å²) in [6.45, 7) is 2.45. The van der Waals surface area contributed by atoms with Crippen molar-refractivity contribution >= 4 is 16.8 Å². The van der Waals surface area contributed by atoms with Gasteiger partial charge in [0.2, 0.25) is 0 Å². The van der Waals surface area contributed by atoms with Crippen LogP contribution >= 0.6 is 0 Å². The van der Waals surface area contributed by atoms with Crippen molar-refractivity contribution in [2.75, 3.05) is 32.9 Å². The average molecular weight is 368 g/mol. The lowest BCUT2D eigenvalue weighted by atomic mass is 9.94. The lowest BCUT2D eigenvalue weighted by molar-refractivity contribution is -0.160. The van der Waals surface area contributed by atoms with Crippen molar-refractivity contribution in [3.8, 4) is 0 Å². The minimum absolute atomic E-state index is 0.233. The Morgan fingerprint density at radius 1 is 1.23 bits per heavy atom. The van der Waals surface area contributed by atoms with Gasteiger partial charge in [-0.3, -0.25) is 4.79 Å². The van der Waals surface area contributed by atoms with Gasteiger partial charge in [0.15, 0.2) is 0 Å². The molecule has 2 saturated heterocycles. The second kappa shape index (κ2) is 6.28. The van der Waals surface area contributed by atoms with E-state index in [0.717, 1.165) is 25.0 Å². The van der Waals surface area contributed by atoms with E-state index in [1.54, 1.807) is 11.0 Å². The van der Waals surface area contributed by atoms with E-state index in [0.29, 0.717) is 43.8 Å². The van der Waals surface area contributed by atoms with E-state index < -0.39 is 17.3 Å². The number of hydrogen-bond donors (Lipinski definition) is 1. The number of nitrogens with zero attached hydrogens (tertiary/aromatic N) is 1. The molecule has 5 nitrogen and oxygen atoms in total. The summed E-state index contributed by atoms with van der Waals surface area (Å²) in [5.74, 6) is -0.233. The number of aromatic amines is 1. The van der Waals surface area contributed by atoms with Crippen LogP contribution in [0.5, 0.6) is 0 Å². The van der Waals surface area contributed by atoms with Crippen LogP contribution < -0.4 is 0 Å². The fraction of sp³-hybridized carbons (Fsp3) is 0.500. The number of amides is 1. The van der Waals surface area contributed by atoms with Crippen LogP contribution in [0.4, 0.5) is 13.2 Å². The number of nitrogens with one attached hydrogen (secondary N) is 1. The fourth-order valence-corrected chi connectivity index (χ4v) is 3.67. The van der Waals surface area contributed by atoms with Crippen LogP contribution in [0.25, 0.3) is 10.9 Å². The zero-order valence-corrected chi connectivity index (χ0v) is 14.1. The third-order valence-corrected chi connectivity index (χ3v) is 5.00. The second-order valence-corrected chi connectivity index (χ2v) is 6.90. The molecule has 26 heavy (non-hydrogen) atoms.